The van der Waals surface area contributed by atoms with Crippen molar-refractivity contribution in [3.05, 3.63) is 20.8 Å². The van der Waals surface area contributed by atoms with Crippen LogP contribution in [0.15, 0.2) is 15.9 Å². The van der Waals surface area contributed by atoms with Crippen LogP contribution in [-0.4, -0.2) is 24.8 Å². The summed E-state index contributed by atoms with van der Waals surface area (Å²) in [4.78, 5) is 32.8. The summed E-state index contributed by atoms with van der Waals surface area (Å²) in [6.07, 6.45) is -4.04. The molecule has 1 atom stereocenters. The van der Waals surface area contributed by atoms with E-state index in [4.69, 9.17) is 10.5 Å². The fourth-order valence-electron chi connectivity index (χ4n) is 1.15. The lowest BCUT2D eigenvalue weighted by Gasteiger charge is -2.15. The smallest absolute Gasteiger partial charge is 0.416 e. The zero-order valence-corrected chi connectivity index (χ0v) is 11.8. The normalized spacial score (nSPS) is 11.4. The molecule has 10 heteroatoms. The molecule has 0 aliphatic carbocycles. The van der Waals surface area contributed by atoms with E-state index in [0.717, 1.165) is 3.79 Å². The molecule has 0 saturated heterocycles. The molecule has 0 saturated carbocycles. The summed E-state index contributed by atoms with van der Waals surface area (Å²) in [5, 5.41) is 2.22. The van der Waals surface area contributed by atoms with E-state index in [1.54, 1.807) is 12.1 Å². The van der Waals surface area contributed by atoms with Gasteiger partial charge in [-0.15, -0.1) is 11.3 Å². The lowest BCUT2D eigenvalue weighted by molar-refractivity contribution is 0.104. The van der Waals surface area contributed by atoms with E-state index in [1.165, 1.54) is 11.3 Å². The second-order valence-electron chi connectivity index (χ2n) is 3.16. The highest BCUT2D eigenvalue weighted by molar-refractivity contribution is 9.11. The third-order valence-corrected chi connectivity index (χ3v) is 3.51. The molecule has 0 fully saturated rings. The Hall–Kier alpha value is -1.81. The molecule has 0 bridgehead atoms. The summed E-state index contributed by atoms with van der Waals surface area (Å²) >= 11 is 4.56. The van der Waals surface area contributed by atoms with Crippen molar-refractivity contribution in [1.82, 2.24) is 5.32 Å². The summed E-state index contributed by atoms with van der Waals surface area (Å²) < 4.78 is 9.72. The van der Waals surface area contributed by atoms with Crippen LogP contribution in [0.2, 0.25) is 0 Å². The number of hydrogen-bond donors (Lipinski definition) is 3. The average Bonchev–Trinajstić information content (AvgIpc) is 2.69. The molecule has 0 aliphatic heterocycles. The van der Waals surface area contributed by atoms with Crippen molar-refractivity contribution >= 4 is 45.5 Å². The van der Waals surface area contributed by atoms with Crippen LogP contribution in [0.3, 0.4) is 0 Å². The Morgan fingerprint density at radius 3 is 2.47 bits per heavy atom. The SMILES string of the molecule is NC(=O)OC(=O)NCC(OC(N)=O)c1ccc(Br)s1. The Kier molecular flexibility index (Phi) is 5.57. The molecule has 0 spiro atoms. The Balaban J connectivity index is 2.63. The maximum absolute atomic E-state index is 11.1. The molecule has 19 heavy (non-hydrogen) atoms. The van der Waals surface area contributed by atoms with Gasteiger partial charge in [-0.1, -0.05) is 0 Å². The summed E-state index contributed by atoms with van der Waals surface area (Å²) in [5.41, 5.74) is 9.60. The zero-order chi connectivity index (χ0) is 14.4. The van der Waals surface area contributed by atoms with Gasteiger partial charge >= 0.3 is 18.3 Å². The van der Waals surface area contributed by atoms with Crippen LogP contribution in [-0.2, 0) is 9.47 Å². The van der Waals surface area contributed by atoms with Crippen LogP contribution in [0, 0.1) is 0 Å². The van der Waals surface area contributed by atoms with Crippen LogP contribution in [0.5, 0.6) is 0 Å². The van der Waals surface area contributed by atoms with Gasteiger partial charge in [0, 0.05) is 4.88 Å². The molecule has 0 radical (unpaired) electrons. The highest BCUT2D eigenvalue weighted by Crippen LogP contribution is 2.29. The Bertz CT molecular complexity index is 492. The molecule has 1 heterocycles. The first-order chi connectivity index (χ1) is 8.88. The Morgan fingerprint density at radius 2 is 2.00 bits per heavy atom. The van der Waals surface area contributed by atoms with Crippen LogP contribution in [0.1, 0.15) is 11.0 Å². The number of hydrogen-bond acceptors (Lipinski definition) is 6. The fraction of sp³-hybridized carbons (Fsp3) is 0.222. The topological polar surface area (TPSA) is 134 Å². The van der Waals surface area contributed by atoms with Gasteiger partial charge in [-0.2, -0.15) is 0 Å². The number of alkyl carbamates (subject to hydrolysis) is 1. The van der Waals surface area contributed by atoms with Gasteiger partial charge in [0.05, 0.1) is 10.3 Å². The van der Waals surface area contributed by atoms with E-state index in [9.17, 15) is 14.4 Å². The maximum Gasteiger partial charge on any atom is 0.416 e. The van der Waals surface area contributed by atoms with Crippen LogP contribution >= 0.6 is 27.3 Å². The minimum atomic E-state index is -1.23. The first-order valence-electron chi connectivity index (χ1n) is 4.85. The monoisotopic (exact) mass is 351 g/mol. The molecule has 3 amide bonds. The van der Waals surface area contributed by atoms with E-state index >= 15 is 0 Å². The molecule has 104 valence electrons. The molecular weight excluding hydrogens is 342 g/mol. The van der Waals surface area contributed by atoms with Crippen molar-refractivity contribution in [1.29, 1.82) is 0 Å². The molecule has 1 aromatic rings. The largest absolute Gasteiger partial charge is 0.439 e. The van der Waals surface area contributed by atoms with Crippen molar-refractivity contribution in [3.63, 3.8) is 0 Å². The van der Waals surface area contributed by atoms with Gasteiger partial charge in [-0.25, -0.2) is 14.4 Å². The van der Waals surface area contributed by atoms with Gasteiger partial charge < -0.3 is 26.3 Å². The van der Waals surface area contributed by atoms with Crippen molar-refractivity contribution in [2.24, 2.45) is 11.5 Å². The van der Waals surface area contributed by atoms with E-state index in [0.29, 0.717) is 4.88 Å². The number of carbonyl (C=O) groups excluding carboxylic acids is 3. The van der Waals surface area contributed by atoms with Crippen molar-refractivity contribution in [3.8, 4) is 0 Å². The van der Waals surface area contributed by atoms with E-state index < -0.39 is 24.4 Å². The highest BCUT2D eigenvalue weighted by Gasteiger charge is 2.19. The van der Waals surface area contributed by atoms with E-state index in [2.05, 4.69) is 31.7 Å². The second-order valence-corrected chi connectivity index (χ2v) is 5.65. The highest BCUT2D eigenvalue weighted by atomic mass is 79.9. The van der Waals surface area contributed by atoms with E-state index in [-0.39, 0.29) is 6.54 Å². The molecule has 1 aromatic heterocycles. The number of amides is 3. The van der Waals surface area contributed by atoms with Crippen molar-refractivity contribution < 1.29 is 23.9 Å². The predicted molar refractivity (Wildman–Crippen MR) is 69.5 cm³/mol. The number of thiophene rings is 1. The van der Waals surface area contributed by atoms with Gasteiger partial charge in [0.15, 0.2) is 6.10 Å². The number of nitrogens with two attached hydrogens (primary N) is 2. The second kappa shape index (κ2) is 6.95. The van der Waals surface area contributed by atoms with Gasteiger partial charge in [-0.3, -0.25) is 0 Å². The molecule has 0 aromatic carbocycles. The predicted octanol–water partition coefficient (Wildman–Crippen LogP) is 1.45. The molecule has 1 unspecified atom stereocenters. The zero-order valence-electron chi connectivity index (χ0n) is 9.42. The minimum Gasteiger partial charge on any atom is -0.439 e. The van der Waals surface area contributed by atoms with Crippen molar-refractivity contribution in [2.75, 3.05) is 6.54 Å². The Morgan fingerprint density at radius 1 is 1.32 bits per heavy atom. The fourth-order valence-corrected chi connectivity index (χ4v) is 2.60. The quantitative estimate of drug-likeness (QED) is 0.705. The number of rotatable bonds is 4. The Labute approximate surface area is 120 Å². The molecule has 8 nitrogen and oxygen atoms in total. The van der Waals surface area contributed by atoms with Crippen molar-refractivity contribution in [2.45, 2.75) is 6.10 Å². The molecular formula is C9H10BrN3O5S. The van der Waals surface area contributed by atoms with Gasteiger partial charge in [-0.05, 0) is 28.1 Å². The van der Waals surface area contributed by atoms with Crippen LogP contribution in [0.4, 0.5) is 14.4 Å². The lowest BCUT2D eigenvalue weighted by Crippen LogP contribution is -2.34. The van der Waals surface area contributed by atoms with Gasteiger partial charge in [0.1, 0.15) is 0 Å². The minimum absolute atomic E-state index is 0.109. The van der Waals surface area contributed by atoms with Gasteiger partial charge in [0.2, 0.25) is 0 Å². The first-order valence-corrected chi connectivity index (χ1v) is 6.46. The standard InChI is InChI=1S/C9H10BrN3O5S/c10-6-2-1-5(19-6)4(17-7(11)14)3-13-9(16)18-8(12)15/h1-2,4H,3H2,(H2,11,14)(H2,12,15)(H,13,16). The molecule has 1 rings (SSSR count). The number of carbonyl (C=O) groups is 3. The molecule has 5 N–H and O–H groups in total. The number of nitrogens with one attached hydrogen (secondary N) is 1. The lowest BCUT2D eigenvalue weighted by atomic mass is 10.3. The van der Waals surface area contributed by atoms with Crippen LogP contribution < -0.4 is 16.8 Å². The number of ether oxygens (including phenoxy) is 2. The molecule has 0 aliphatic rings. The summed E-state index contributed by atoms with van der Waals surface area (Å²) in [7, 11) is 0. The van der Waals surface area contributed by atoms with Gasteiger partial charge in [0.25, 0.3) is 0 Å². The van der Waals surface area contributed by atoms with Crippen LogP contribution in [0.25, 0.3) is 0 Å². The third-order valence-electron chi connectivity index (χ3n) is 1.79. The maximum atomic E-state index is 11.1. The average molecular weight is 352 g/mol. The summed E-state index contributed by atoms with van der Waals surface area (Å²) in [5.74, 6) is 0. The first kappa shape index (κ1) is 15.2. The number of primary amides is 2. The third kappa shape index (κ3) is 5.57. The summed E-state index contributed by atoms with van der Waals surface area (Å²) in [6.45, 7) is -0.109. The summed E-state index contributed by atoms with van der Waals surface area (Å²) in [6, 6.07) is 3.45. The number of halogens is 1. The van der Waals surface area contributed by atoms with E-state index in [1.807, 2.05) is 0 Å².